The fourth-order valence-corrected chi connectivity index (χ4v) is 3.48. The lowest BCUT2D eigenvalue weighted by Crippen LogP contribution is -2.17. The van der Waals surface area contributed by atoms with Crippen molar-refractivity contribution in [2.75, 3.05) is 0 Å². The number of phenolic OH excluding ortho intramolecular Hbond substituents is 2. The summed E-state index contributed by atoms with van der Waals surface area (Å²) >= 11 is 0. The molecule has 164 valence electrons. The molecular formula is C23H16O9-2. The largest absolute Gasteiger partial charge is 0.872 e. The van der Waals surface area contributed by atoms with Crippen LogP contribution in [0.25, 0.3) is 21.5 Å². The predicted octanol–water partition coefficient (Wildman–Crippen LogP) is 1.93. The molecule has 0 fully saturated rings. The molecular weight excluding hydrogens is 420 g/mol. The zero-order chi connectivity index (χ0) is 23.9. The Morgan fingerprint density at radius 2 is 1.53 bits per heavy atom. The average molecular weight is 436 g/mol. The van der Waals surface area contributed by atoms with E-state index in [0.717, 1.165) is 32.0 Å². The number of aliphatic hydroxyl groups is 1. The van der Waals surface area contributed by atoms with Crippen LogP contribution in [0, 0.1) is 0 Å². The molecule has 0 amide bonds. The molecule has 9 nitrogen and oxygen atoms in total. The lowest BCUT2D eigenvalue weighted by atomic mass is 9.90. The molecule has 0 atom stereocenters. The summed E-state index contributed by atoms with van der Waals surface area (Å²) in [6.45, 7) is 2.16. The van der Waals surface area contributed by atoms with Gasteiger partial charge in [0.2, 0.25) is 5.78 Å². The number of aliphatic hydroxyl groups excluding tert-OH is 1. The fraction of sp³-hybridized carbons (Fsp3) is 0.130. The van der Waals surface area contributed by atoms with Crippen molar-refractivity contribution in [2.24, 2.45) is 0 Å². The van der Waals surface area contributed by atoms with Gasteiger partial charge >= 0.3 is 0 Å². The van der Waals surface area contributed by atoms with E-state index < -0.39 is 69.1 Å². The van der Waals surface area contributed by atoms with E-state index >= 15 is 0 Å². The zero-order valence-corrected chi connectivity index (χ0v) is 16.9. The number of carbonyl (C=O) groups excluding carboxylic acids is 4. The Balaban J connectivity index is 2.47. The second kappa shape index (κ2) is 8.03. The summed E-state index contributed by atoms with van der Waals surface area (Å²) in [7, 11) is 0. The molecule has 0 saturated carbocycles. The van der Waals surface area contributed by atoms with E-state index in [9.17, 15) is 44.7 Å². The highest BCUT2D eigenvalue weighted by Gasteiger charge is 2.24. The van der Waals surface area contributed by atoms with E-state index in [1.165, 1.54) is 6.07 Å². The summed E-state index contributed by atoms with van der Waals surface area (Å²) in [5.74, 6) is -7.64. The Morgan fingerprint density at radius 1 is 0.906 bits per heavy atom. The first-order valence-electron chi connectivity index (χ1n) is 9.24. The topological polar surface area (TPSA) is 175 Å². The minimum atomic E-state index is -1.22. The first kappa shape index (κ1) is 22.3. The molecule has 0 spiro atoms. The maximum absolute atomic E-state index is 13.2. The van der Waals surface area contributed by atoms with Gasteiger partial charge in [-0.05, 0) is 48.2 Å². The van der Waals surface area contributed by atoms with Crippen molar-refractivity contribution in [3.63, 3.8) is 0 Å². The molecule has 32 heavy (non-hydrogen) atoms. The quantitative estimate of drug-likeness (QED) is 0.171. The summed E-state index contributed by atoms with van der Waals surface area (Å²) in [6, 6.07) is 4.32. The molecule has 0 radical (unpaired) electrons. The SMILES string of the molecule is CC(=O)/C=C(/O)C(=O)c1cc2cc3cc(O)cc(O)c3c([O-])c2c([O-])c1C(=O)CC(C)=O. The first-order chi connectivity index (χ1) is 14.9. The van der Waals surface area contributed by atoms with Crippen molar-refractivity contribution in [1.29, 1.82) is 0 Å². The number of benzene rings is 3. The van der Waals surface area contributed by atoms with Crippen LogP contribution in [0.3, 0.4) is 0 Å². The molecule has 3 aromatic rings. The van der Waals surface area contributed by atoms with Crippen LogP contribution in [0.5, 0.6) is 23.0 Å². The molecule has 0 aliphatic heterocycles. The van der Waals surface area contributed by atoms with Crippen LogP contribution < -0.4 is 10.2 Å². The zero-order valence-electron chi connectivity index (χ0n) is 16.9. The Morgan fingerprint density at radius 3 is 2.12 bits per heavy atom. The number of hydrogen-bond donors (Lipinski definition) is 3. The maximum atomic E-state index is 13.2. The van der Waals surface area contributed by atoms with Gasteiger partial charge in [0, 0.05) is 28.7 Å². The van der Waals surface area contributed by atoms with Crippen LogP contribution in [0.4, 0.5) is 0 Å². The lowest BCUT2D eigenvalue weighted by molar-refractivity contribution is -0.273. The molecule has 0 aliphatic rings. The first-order valence-corrected chi connectivity index (χ1v) is 9.24. The van der Waals surface area contributed by atoms with E-state index in [0.29, 0.717) is 6.08 Å². The summed E-state index contributed by atoms with van der Waals surface area (Å²) in [6.07, 6.45) is -0.134. The van der Waals surface area contributed by atoms with Crippen molar-refractivity contribution in [1.82, 2.24) is 0 Å². The maximum Gasteiger partial charge on any atom is 0.228 e. The molecule has 0 unspecified atom stereocenters. The molecule has 0 aromatic heterocycles. The van der Waals surface area contributed by atoms with E-state index in [4.69, 9.17) is 0 Å². The van der Waals surface area contributed by atoms with Crippen LogP contribution in [0.2, 0.25) is 0 Å². The van der Waals surface area contributed by atoms with E-state index in [1.54, 1.807) is 0 Å². The highest BCUT2D eigenvalue weighted by Crippen LogP contribution is 2.44. The van der Waals surface area contributed by atoms with E-state index in [1.807, 2.05) is 0 Å². The van der Waals surface area contributed by atoms with Crippen molar-refractivity contribution in [3.05, 3.63) is 47.2 Å². The minimum absolute atomic E-state index is 0.0594. The number of ketones is 4. The average Bonchev–Trinajstić information content (AvgIpc) is 2.64. The molecule has 3 aromatic carbocycles. The van der Waals surface area contributed by atoms with E-state index in [2.05, 4.69) is 0 Å². The number of aromatic hydroxyl groups is 2. The molecule has 0 aliphatic carbocycles. The van der Waals surface area contributed by atoms with Gasteiger partial charge in [-0.25, -0.2) is 0 Å². The van der Waals surface area contributed by atoms with Crippen molar-refractivity contribution in [3.8, 4) is 23.0 Å². The monoisotopic (exact) mass is 436 g/mol. The molecule has 3 N–H and O–H groups in total. The van der Waals surface area contributed by atoms with Gasteiger partial charge in [0.05, 0.1) is 6.42 Å². The normalized spacial score (nSPS) is 11.6. The highest BCUT2D eigenvalue weighted by atomic mass is 16.3. The second-order valence-corrected chi connectivity index (χ2v) is 7.27. The smallest absolute Gasteiger partial charge is 0.228 e. The van der Waals surface area contributed by atoms with Gasteiger partial charge in [0.15, 0.2) is 17.3 Å². The summed E-state index contributed by atoms with van der Waals surface area (Å²) < 4.78 is 0. The van der Waals surface area contributed by atoms with Gasteiger partial charge < -0.3 is 25.5 Å². The highest BCUT2D eigenvalue weighted by molar-refractivity contribution is 6.23. The van der Waals surface area contributed by atoms with Gasteiger partial charge in [0.1, 0.15) is 17.3 Å². The Kier molecular flexibility index (Phi) is 5.59. The standard InChI is InChI=1S/C23H18O9/c1-9(24)3-15(27)20-14(21(30)17(29)4-10(2)25)7-12-5-11-6-13(26)8-16(28)18(11)22(31)19(12)23(20)32/h4-8,26,28-29,31-32H,3H2,1-2H3/p-2/b17-4+. The Labute approximate surface area is 180 Å². The summed E-state index contributed by atoms with van der Waals surface area (Å²) in [5, 5.41) is 55.1. The third kappa shape index (κ3) is 3.83. The molecule has 3 rings (SSSR count). The van der Waals surface area contributed by atoms with Gasteiger partial charge in [-0.15, -0.1) is 0 Å². The van der Waals surface area contributed by atoms with Gasteiger partial charge in [0.25, 0.3) is 0 Å². The van der Waals surface area contributed by atoms with Crippen molar-refractivity contribution >= 4 is 44.7 Å². The van der Waals surface area contributed by atoms with Crippen molar-refractivity contribution < 1.29 is 44.7 Å². The molecule has 0 saturated heterocycles. The molecule has 0 heterocycles. The van der Waals surface area contributed by atoms with Gasteiger partial charge in [-0.3, -0.25) is 19.2 Å². The number of rotatable bonds is 6. The Bertz CT molecular complexity index is 1380. The van der Waals surface area contributed by atoms with E-state index in [-0.39, 0.29) is 21.9 Å². The Hall–Kier alpha value is -4.40. The number of phenols is 2. The van der Waals surface area contributed by atoms with Crippen LogP contribution in [0.15, 0.2) is 36.1 Å². The minimum Gasteiger partial charge on any atom is -0.872 e. The van der Waals surface area contributed by atoms with Gasteiger partial charge in [-0.1, -0.05) is 11.5 Å². The fourth-order valence-electron chi connectivity index (χ4n) is 3.48. The number of allylic oxidation sites excluding steroid dienone is 2. The van der Waals surface area contributed by atoms with Crippen molar-refractivity contribution in [2.45, 2.75) is 20.3 Å². The lowest BCUT2D eigenvalue weighted by Gasteiger charge is -2.25. The number of fused-ring (bicyclic) bond motifs is 2. The second-order valence-electron chi connectivity index (χ2n) is 7.27. The van der Waals surface area contributed by atoms with Crippen LogP contribution in [0.1, 0.15) is 41.0 Å². The van der Waals surface area contributed by atoms with Crippen LogP contribution in [-0.4, -0.2) is 38.5 Å². The third-order valence-electron chi connectivity index (χ3n) is 4.72. The van der Waals surface area contributed by atoms with Gasteiger partial charge in [-0.2, -0.15) is 0 Å². The molecule has 0 bridgehead atoms. The number of carbonyl (C=O) groups is 4. The summed E-state index contributed by atoms with van der Waals surface area (Å²) in [5.41, 5.74) is -1.37. The summed E-state index contributed by atoms with van der Waals surface area (Å²) in [4.78, 5) is 48.1. The number of Topliss-reactive ketones (excluding diaryl/α,β-unsaturated/α-hetero) is 3. The van der Waals surface area contributed by atoms with Crippen LogP contribution in [-0.2, 0) is 9.59 Å². The third-order valence-corrected chi connectivity index (χ3v) is 4.72. The predicted molar refractivity (Wildman–Crippen MR) is 109 cm³/mol. The molecule has 9 heteroatoms. The number of hydrogen-bond acceptors (Lipinski definition) is 9. The van der Waals surface area contributed by atoms with Crippen LogP contribution >= 0.6 is 0 Å².